The summed E-state index contributed by atoms with van der Waals surface area (Å²) < 4.78 is 33.8. The molecular weight excluding hydrogens is 310 g/mol. The molecule has 0 spiro atoms. The maximum atomic E-state index is 12.8. The third-order valence-corrected chi connectivity index (χ3v) is 5.34. The number of aryl methyl sites for hydroxylation is 2. The molecule has 0 saturated heterocycles. The highest BCUT2D eigenvalue weighted by molar-refractivity contribution is 7.89. The molecule has 5 heteroatoms. The SMILES string of the molecule is CCOc1cc(C)c(C)cc1S(=O)(=O)NC(C)c1ccccc1. The highest BCUT2D eigenvalue weighted by Crippen LogP contribution is 2.29. The van der Waals surface area contributed by atoms with Crippen LogP contribution >= 0.6 is 0 Å². The van der Waals surface area contributed by atoms with Crippen LogP contribution in [0.25, 0.3) is 0 Å². The molecule has 0 bridgehead atoms. The van der Waals surface area contributed by atoms with Crippen LogP contribution in [0.4, 0.5) is 0 Å². The molecule has 2 aromatic carbocycles. The van der Waals surface area contributed by atoms with Crippen molar-refractivity contribution in [3.63, 3.8) is 0 Å². The molecule has 0 aliphatic heterocycles. The van der Waals surface area contributed by atoms with Crippen LogP contribution in [0.3, 0.4) is 0 Å². The van der Waals surface area contributed by atoms with E-state index in [2.05, 4.69) is 4.72 Å². The Morgan fingerprint density at radius 2 is 1.70 bits per heavy atom. The standard InChI is InChI=1S/C18H23NO3S/c1-5-22-17-11-13(2)14(3)12-18(17)23(20,21)19-15(4)16-9-7-6-8-10-16/h6-12,15,19H,5H2,1-4H3. The van der Waals surface area contributed by atoms with Crippen molar-refractivity contribution in [1.82, 2.24) is 4.72 Å². The fourth-order valence-corrected chi connectivity index (χ4v) is 3.79. The highest BCUT2D eigenvalue weighted by atomic mass is 32.2. The van der Waals surface area contributed by atoms with Gasteiger partial charge in [-0.3, -0.25) is 0 Å². The van der Waals surface area contributed by atoms with Gasteiger partial charge in [0.05, 0.1) is 6.61 Å². The van der Waals surface area contributed by atoms with Gasteiger partial charge in [-0.15, -0.1) is 0 Å². The number of hydrogen-bond acceptors (Lipinski definition) is 3. The van der Waals surface area contributed by atoms with E-state index in [0.717, 1.165) is 16.7 Å². The minimum atomic E-state index is -3.67. The van der Waals surface area contributed by atoms with Crippen LogP contribution < -0.4 is 9.46 Å². The highest BCUT2D eigenvalue weighted by Gasteiger charge is 2.23. The minimum Gasteiger partial charge on any atom is -0.492 e. The monoisotopic (exact) mass is 333 g/mol. The molecule has 124 valence electrons. The molecule has 0 aliphatic rings. The van der Waals surface area contributed by atoms with Crippen LogP contribution in [0.5, 0.6) is 5.75 Å². The summed E-state index contributed by atoms with van der Waals surface area (Å²) in [5, 5.41) is 0. The molecule has 0 aromatic heterocycles. The van der Waals surface area contributed by atoms with E-state index >= 15 is 0 Å². The maximum absolute atomic E-state index is 12.8. The first-order valence-electron chi connectivity index (χ1n) is 7.66. The van der Waals surface area contributed by atoms with Gasteiger partial charge in [0.15, 0.2) is 0 Å². The van der Waals surface area contributed by atoms with Gasteiger partial charge in [0, 0.05) is 6.04 Å². The lowest BCUT2D eigenvalue weighted by molar-refractivity contribution is 0.330. The molecule has 23 heavy (non-hydrogen) atoms. The van der Waals surface area contributed by atoms with Crippen molar-refractivity contribution in [2.75, 3.05) is 6.61 Å². The normalized spacial score (nSPS) is 12.9. The first-order chi connectivity index (χ1) is 10.8. The van der Waals surface area contributed by atoms with E-state index in [9.17, 15) is 8.42 Å². The Morgan fingerprint density at radius 1 is 1.09 bits per heavy atom. The van der Waals surface area contributed by atoms with E-state index in [4.69, 9.17) is 4.74 Å². The van der Waals surface area contributed by atoms with E-state index < -0.39 is 10.0 Å². The first kappa shape index (κ1) is 17.5. The van der Waals surface area contributed by atoms with Gasteiger partial charge in [0.2, 0.25) is 10.0 Å². The molecule has 0 aliphatic carbocycles. The van der Waals surface area contributed by atoms with E-state index in [1.54, 1.807) is 12.1 Å². The largest absolute Gasteiger partial charge is 0.492 e. The Labute approximate surface area is 138 Å². The molecule has 0 saturated carbocycles. The fourth-order valence-electron chi connectivity index (χ4n) is 2.35. The molecule has 2 rings (SSSR count). The van der Waals surface area contributed by atoms with Crippen LogP contribution in [0.15, 0.2) is 47.4 Å². The summed E-state index contributed by atoms with van der Waals surface area (Å²) in [6.45, 7) is 7.91. The summed E-state index contributed by atoms with van der Waals surface area (Å²) in [7, 11) is -3.67. The summed E-state index contributed by atoms with van der Waals surface area (Å²) in [5.41, 5.74) is 2.84. The molecule has 0 amide bonds. The molecule has 0 heterocycles. The van der Waals surface area contributed by atoms with Gasteiger partial charge in [-0.1, -0.05) is 30.3 Å². The summed E-state index contributed by atoms with van der Waals surface area (Å²) in [6, 6.07) is 12.6. The first-order valence-corrected chi connectivity index (χ1v) is 9.14. The number of benzene rings is 2. The number of hydrogen-bond donors (Lipinski definition) is 1. The van der Waals surface area contributed by atoms with Crippen molar-refractivity contribution in [2.24, 2.45) is 0 Å². The van der Waals surface area contributed by atoms with Gasteiger partial charge in [-0.2, -0.15) is 0 Å². The third kappa shape index (κ3) is 4.12. The van der Waals surface area contributed by atoms with Gasteiger partial charge < -0.3 is 4.74 Å². The smallest absolute Gasteiger partial charge is 0.244 e. The van der Waals surface area contributed by atoms with E-state index in [-0.39, 0.29) is 10.9 Å². The Hall–Kier alpha value is -1.85. The van der Waals surface area contributed by atoms with E-state index in [1.165, 1.54) is 0 Å². The van der Waals surface area contributed by atoms with Crippen LogP contribution in [-0.2, 0) is 10.0 Å². The van der Waals surface area contributed by atoms with Gasteiger partial charge in [0.1, 0.15) is 10.6 Å². The van der Waals surface area contributed by atoms with Crippen molar-refractivity contribution < 1.29 is 13.2 Å². The second-order valence-electron chi connectivity index (χ2n) is 5.57. The Bertz CT molecular complexity index is 770. The summed E-state index contributed by atoms with van der Waals surface area (Å²) in [6.07, 6.45) is 0. The average Bonchev–Trinajstić information content (AvgIpc) is 2.51. The molecular formula is C18H23NO3S. The van der Waals surface area contributed by atoms with Crippen LogP contribution in [-0.4, -0.2) is 15.0 Å². The zero-order valence-corrected chi connectivity index (χ0v) is 14.8. The molecule has 0 radical (unpaired) electrons. The van der Waals surface area contributed by atoms with Crippen molar-refractivity contribution in [1.29, 1.82) is 0 Å². The van der Waals surface area contributed by atoms with E-state index in [1.807, 2.05) is 58.0 Å². The van der Waals surface area contributed by atoms with Crippen molar-refractivity contribution in [3.05, 3.63) is 59.2 Å². The second-order valence-corrected chi connectivity index (χ2v) is 7.25. The zero-order valence-electron chi connectivity index (χ0n) is 14.0. The molecule has 0 fully saturated rings. The number of nitrogens with one attached hydrogen (secondary N) is 1. The van der Waals surface area contributed by atoms with Gasteiger partial charge in [-0.25, -0.2) is 13.1 Å². The molecule has 1 N–H and O–H groups in total. The molecule has 1 atom stereocenters. The Morgan fingerprint density at radius 3 is 2.30 bits per heavy atom. The lowest BCUT2D eigenvalue weighted by Crippen LogP contribution is -2.27. The average molecular weight is 333 g/mol. The fraction of sp³-hybridized carbons (Fsp3) is 0.333. The quantitative estimate of drug-likeness (QED) is 0.876. The molecule has 1 unspecified atom stereocenters. The number of sulfonamides is 1. The minimum absolute atomic E-state index is 0.185. The summed E-state index contributed by atoms with van der Waals surface area (Å²) >= 11 is 0. The van der Waals surface area contributed by atoms with Crippen molar-refractivity contribution in [3.8, 4) is 5.75 Å². The maximum Gasteiger partial charge on any atom is 0.244 e. The Balaban J connectivity index is 2.37. The predicted octanol–water partition coefficient (Wildman–Crippen LogP) is 3.74. The predicted molar refractivity (Wildman–Crippen MR) is 92.3 cm³/mol. The number of rotatable bonds is 6. The lowest BCUT2D eigenvalue weighted by atomic mass is 10.1. The second kappa shape index (κ2) is 7.15. The topological polar surface area (TPSA) is 55.4 Å². The van der Waals surface area contributed by atoms with Crippen LogP contribution in [0.1, 0.15) is 36.6 Å². The summed E-state index contributed by atoms with van der Waals surface area (Å²) in [4.78, 5) is 0.185. The number of ether oxygens (including phenoxy) is 1. The van der Waals surface area contributed by atoms with Gasteiger partial charge in [-0.05, 0) is 56.5 Å². The van der Waals surface area contributed by atoms with Gasteiger partial charge >= 0.3 is 0 Å². The van der Waals surface area contributed by atoms with Crippen LogP contribution in [0.2, 0.25) is 0 Å². The lowest BCUT2D eigenvalue weighted by Gasteiger charge is -2.18. The summed E-state index contributed by atoms with van der Waals surface area (Å²) in [5.74, 6) is 0.392. The zero-order chi connectivity index (χ0) is 17.0. The van der Waals surface area contributed by atoms with Gasteiger partial charge in [0.25, 0.3) is 0 Å². The molecule has 2 aromatic rings. The van der Waals surface area contributed by atoms with Crippen molar-refractivity contribution in [2.45, 2.75) is 38.6 Å². The third-order valence-electron chi connectivity index (χ3n) is 3.78. The molecule has 4 nitrogen and oxygen atoms in total. The van der Waals surface area contributed by atoms with Crippen molar-refractivity contribution >= 4 is 10.0 Å². The van der Waals surface area contributed by atoms with E-state index in [0.29, 0.717) is 12.4 Å². The Kier molecular flexibility index (Phi) is 5.44. The van der Waals surface area contributed by atoms with Crippen LogP contribution in [0, 0.1) is 13.8 Å².